The van der Waals surface area contributed by atoms with Crippen LogP contribution in [0.1, 0.15) is 64.4 Å². The van der Waals surface area contributed by atoms with Crippen molar-refractivity contribution in [2.45, 2.75) is 58.5 Å². The fraction of sp³-hybridized carbons (Fsp3) is 0.733. The Balaban J connectivity index is 2.26. The van der Waals surface area contributed by atoms with Gasteiger partial charge in [0.05, 0.1) is 5.60 Å². The van der Waals surface area contributed by atoms with Gasteiger partial charge in [0.1, 0.15) is 11.6 Å². The number of nitrogens with zero attached hydrogens (tertiary/aromatic N) is 3. The molecular weight excluding hydrogens is 238 g/mol. The molecule has 0 atom stereocenters. The Bertz CT molecular complexity index is 424. The third-order valence-electron chi connectivity index (χ3n) is 3.81. The Morgan fingerprint density at radius 2 is 1.84 bits per heavy atom. The van der Waals surface area contributed by atoms with Crippen molar-refractivity contribution in [1.82, 2.24) is 9.97 Å². The van der Waals surface area contributed by atoms with Crippen LogP contribution >= 0.6 is 0 Å². The summed E-state index contributed by atoms with van der Waals surface area (Å²) in [5.74, 6) is 2.57. The second-order valence-electron chi connectivity index (χ2n) is 6.25. The number of anilines is 1. The van der Waals surface area contributed by atoms with Gasteiger partial charge in [-0.1, -0.05) is 34.6 Å². The zero-order chi connectivity index (χ0) is 14.2. The van der Waals surface area contributed by atoms with Crippen molar-refractivity contribution in [3.63, 3.8) is 0 Å². The summed E-state index contributed by atoms with van der Waals surface area (Å²) in [5, 5.41) is 10.1. The smallest absolute Gasteiger partial charge is 0.133 e. The van der Waals surface area contributed by atoms with Crippen LogP contribution in [0.2, 0.25) is 0 Å². The van der Waals surface area contributed by atoms with E-state index >= 15 is 0 Å². The Morgan fingerprint density at radius 3 is 2.32 bits per heavy atom. The lowest BCUT2D eigenvalue weighted by molar-refractivity contribution is 0.00801. The molecule has 1 aromatic rings. The highest BCUT2D eigenvalue weighted by atomic mass is 16.3. The highest BCUT2D eigenvalue weighted by Crippen LogP contribution is 2.30. The summed E-state index contributed by atoms with van der Waals surface area (Å²) in [6.07, 6.45) is 0.794. The maximum atomic E-state index is 10.1. The Hall–Kier alpha value is -1.16. The molecule has 1 N–H and O–H groups in total. The molecule has 0 amide bonds. The van der Waals surface area contributed by atoms with Crippen molar-refractivity contribution in [2.24, 2.45) is 0 Å². The Morgan fingerprint density at radius 1 is 1.21 bits per heavy atom. The number of hydrogen-bond acceptors (Lipinski definition) is 4. The molecule has 0 saturated carbocycles. The molecule has 1 fully saturated rings. The topological polar surface area (TPSA) is 49.2 Å². The number of hydrogen-bond donors (Lipinski definition) is 1. The molecule has 2 rings (SSSR count). The first-order valence-electron chi connectivity index (χ1n) is 7.21. The van der Waals surface area contributed by atoms with Crippen LogP contribution in [0.15, 0.2) is 6.07 Å². The van der Waals surface area contributed by atoms with Gasteiger partial charge in [-0.2, -0.15) is 0 Å². The molecule has 0 aliphatic carbocycles. The van der Waals surface area contributed by atoms with E-state index in [4.69, 9.17) is 0 Å². The molecule has 0 radical (unpaired) electrons. The van der Waals surface area contributed by atoms with Gasteiger partial charge in [-0.3, -0.25) is 0 Å². The fourth-order valence-corrected chi connectivity index (χ4v) is 2.24. The van der Waals surface area contributed by atoms with Crippen LogP contribution in [-0.2, 0) is 0 Å². The summed E-state index contributed by atoms with van der Waals surface area (Å²) in [6.45, 7) is 11.9. The maximum absolute atomic E-state index is 10.1. The molecule has 4 heteroatoms. The van der Waals surface area contributed by atoms with Gasteiger partial charge in [-0.25, -0.2) is 9.97 Å². The van der Waals surface area contributed by atoms with Crippen molar-refractivity contribution in [3.8, 4) is 0 Å². The quantitative estimate of drug-likeness (QED) is 0.907. The summed E-state index contributed by atoms with van der Waals surface area (Å²) in [7, 11) is 0. The van der Waals surface area contributed by atoms with E-state index in [0.717, 1.165) is 23.8 Å². The highest BCUT2D eigenvalue weighted by Gasteiger charge is 2.40. The van der Waals surface area contributed by atoms with Crippen molar-refractivity contribution in [3.05, 3.63) is 17.6 Å². The molecule has 1 aromatic heterocycles. The van der Waals surface area contributed by atoms with Crippen LogP contribution < -0.4 is 4.90 Å². The molecule has 4 nitrogen and oxygen atoms in total. The normalized spacial score (nSPS) is 18.0. The lowest BCUT2D eigenvalue weighted by Crippen LogP contribution is -2.62. The van der Waals surface area contributed by atoms with Gasteiger partial charge >= 0.3 is 0 Å². The number of β-amino-alcohol motifs (C(OH)–C–C–N with tert-alkyl or cyclic N) is 1. The predicted molar refractivity (Wildman–Crippen MR) is 77.7 cm³/mol. The summed E-state index contributed by atoms with van der Waals surface area (Å²) < 4.78 is 0. The van der Waals surface area contributed by atoms with Crippen LogP contribution in [0.4, 0.5) is 5.82 Å². The Kier molecular flexibility index (Phi) is 3.81. The van der Waals surface area contributed by atoms with Crippen molar-refractivity contribution >= 4 is 5.82 Å². The second-order valence-corrected chi connectivity index (χ2v) is 6.25. The van der Waals surface area contributed by atoms with Gasteiger partial charge < -0.3 is 10.0 Å². The van der Waals surface area contributed by atoms with Gasteiger partial charge in [0.2, 0.25) is 0 Å². The van der Waals surface area contributed by atoms with E-state index in [1.165, 1.54) is 0 Å². The minimum atomic E-state index is -0.527. The van der Waals surface area contributed by atoms with E-state index in [0.29, 0.717) is 24.9 Å². The summed E-state index contributed by atoms with van der Waals surface area (Å²) in [5.41, 5.74) is 0.557. The van der Waals surface area contributed by atoms with E-state index in [1.54, 1.807) is 0 Å². The first-order valence-corrected chi connectivity index (χ1v) is 7.21. The molecule has 0 aromatic carbocycles. The van der Waals surface area contributed by atoms with E-state index in [9.17, 15) is 5.11 Å². The van der Waals surface area contributed by atoms with Crippen LogP contribution in [0, 0.1) is 0 Å². The number of rotatable bonds is 4. The van der Waals surface area contributed by atoms with E-state index in [1.807, 2.05) is 6.92 Å². The largest absolute Gasteiger partial charge is 0.386 e. The summed E-state index contributed by atoms with van der Waals surface area (Å²) >= 11 is 0. The van der Waals surface area contributed by atoms with Crippen LogP contribution in [0.5, 0.6) is 0 Å². The highest BCUT2D eigenvalue weighted by molar-refractivity contribution is 5.45. The molecule has 1 aliphatic rings. The average molecular weight is 263 g/mol. The standard InChI is InChI=1S/C15H25N3O/c1-6-15(19)8-18(9-15)13-7-12(10(2)3)16-14(17-13)11(4)5/h7,10-11,19H,6,8-9H2,1-5H3. The number of aromatic nitrogens is 2. The van der Waals surface area contributed by atoms with Crippen molar-refractivity contribution < 1.29 is 5.11 Å². The molecular formula is C15H25N3O. The van der Waals surface area contributed by atoms with Gasteiger partial charge in [-0.15, -0.1) is 0 Å². The monoisotopic (exact) mass is 263 g/mol. The number of aliphatic hydroxyl groups is 1. The predicted octanol–water partition coefficient (Wildman–Crippen LogP) is 2.68. The SMILES string of the molecule is CCC1(O)CN(c2cc(C(C)C)nc(C(C)C)n2)C1. The maximum Gasteiger partial charge on any atom is 0.133 e. The molecule has 0 unspecified atom stereocenters. The fourth-order valence-electron chi connectivity index (χ4n) is 2.24. The van der Waals surface area contributed by atoms with Crippen molar-refractivity contribution in [2.75, 3.05) is 18.0 Å². The van der Waals surface area contributed by atoms with Crippen LogP contribution in [0.3, 0.4) is 0 Å². The molecule has 2 heterocycles. The van der Waals surface area contributed by atoms with E-state index in [-0.39, 0.29) is 0 Å². The summed E-state index contributed by atoms with van der Waals surface area (Å²) in [6, 6.07) is 2.06. The second kappa shape index (κ2) is 5.08. The lowest BCUT2D eigenvalue weighted by Gasteiger charge is -2.47. The molecule has 0 spiro atoms. The third-order valence-corrected chi connectivity index (χ3v) is 3.81. The average Bonchev–Trinajstić information content (AvgIpc) is 2.34. The van der Waals surface area contributed by atoms with E-state index < -0.39 is 5.60 Å². The molecule has 1 aliphatic heterocycles. The van der Waals surface area contributed by atoms with Crippen LogP contribution in [0.25, 0.3) is 0 Å². The third kappa shape index (κ3) is 2.89. The summed E-state index contributed by atoms with van der Waals surface area (Å²) in [4.78, 5) is 11.4. The zero-order valence-electron chi connectivity index (χ0n) is 12.6. The lowest BCUT2D eigenvalue weighted by atomic mass is 9.91. The van der Waals surface area contributed by atoms with Crippen LogP contribution in [-0.4, -0.2) is 33.8 Å². The van der Waals surface area contributed by atoms with Gasteiger partial charge in [0.25, 0.3) is 0 Å². The zero-order valence-corrected chi connectivity index (χ0v) is 12.6. The minimum Gasteiger partial charge on any atom is -0.386 e. The molecule has 1 saturated heterocycles. The first-order chi connectivity index (χ1) is 8.84. The van der Waals surface area contributed by atoms with Gasteiger partial charge in [0, 0.05) is 30.8 Å². The van der Waals surface area contributed by atoms with Gasteiger partial charge in [0.15, 0.2) is 0 Å². The Labute approximate surface area is 115 Å². The molecule has 106 valence electrons. The minimum absolute atomic E-state index is 0.323. The van der Waals surface area contributed by atoms with E-state index in [2.05, 4.69) is 48.6 Å². The first kappa shape index (κ1) is 14.3. The van der Waals surface area contributed by atoms with Crippen molar-refractivity contribution in [1.29, 1.82) is 0 Å². The van der Waals surface area contributed by atoms with Gasteiger partial charge in [-0.05, 0) is 12.3 Å². The molecule has 0 bridgehead atoms. The molecule has 19 heavy (non-hydrogen) atoms.